The lowest BCUT2D eigenvalue weighted by molar-refractivity contribution is 0.669. The summed E-state index contributed by atoms with van der Waals surface area (Å²) < 4.78 is 15.1. The maximum atomic E-state index is 6.60. The largest absolute Gasteiger partial charge is 0.456 e. The molecule has 0 aliphatic carbocycles. The van der Waals surface area contributed by atoms with Gasteiger partial charge in [-0.3, -0.25) is 4.40 Å². The highest BCUT2D eigenvalue weighted by atomic mass is 16.3. The van der Waals surface area contributed by atoms with E-state index in [0.717, 1.165) is 110 Å². The van der Waals surface area contributed by atoms with E-state index < -0.39 is 0 Å². The topological polar surface area (TPSA) is 69.4 Å². The van der Waals surface area contributed by atoms with Gasteiger partial charge in [0.25, 0.3) is 0 Å². The van der Waals surface area contributed by atoms with E-state index in [1.165, 1.54) is 0 Å². The Hall–Kier alpha value is -7.31. The molecule has 0 unspecified atom stereocenters. The van der Waals surface area contributed by atoms with Crippen molar-refractivity contribution in [2.45, 2.75) is 0 Å². The number of furan rings is 2. The maximum absolute atomic E-state index is 6.60. The van der Waals surface area contributed by atoms with Crippen molar-refractivity contribution in [2.24, 2.45) is 0 Å². The number of imidazole rings is 1. The summed E-state index contributed by atoms with van der Waals surface area (Å²) in [6.45, 7) is 0. The molecule has 0 aliphatic heterocycles. The lowest BCUT2D eigenvalue weighted by atomic mass is 9.95. The monoisotopic (exact) mass is 678 g/mol. The molecule has 12 aromatic rings. The average molecular weight is 679 g/mol. The molecule has 6 nitrogen and oxygen atoms in total. The summed E-state index contributed by atoms with van der Waals surface area (Å²) in [5.74, 6) is 0.645. The van der Waals surface area contributed by atoms with Crippen molar-refractivity contribution in [3.05, 3.63) is 158 Å². The van der Waals surface area contributed by atoms with E-state index in [1.807, 2.05) is 48.5 Å². The molecule has 6 heteroatoms. The summed E-state index contributed by atoms with van der Waals surface area (Å²) in [5, 5.41) is 7.28. The number of hydrogen-bond donors (Lipinski definition) is 0. The van der Waals surface area contributed by atoms with Crippen molar-refractivity contribution in [3.63, 3.8) is 0 Å². The molecule has 7 aromatic carbocycles. The van der Waals surface area contributed by atoms with Crippen LogP contribution in [0.15, 0.2) is 167 Å². The molecule has 5 aromatic heterocycles. The van der Waals surface area contributed by atoms with E-state index in [1.54, 1.807) is 0 Å². The summed E-state index contributed by atoms with van der Waals surface area (Å²) in [6, 6.07) is 54.2. The van der Waals surface area contributed by atoms with E-state index in [9.17, 15) is 0 Å². The van der Waals surface area contributed by atoms with Crippen molar-refractivity contribution in [3.8, 4) is 33.8 Å². The SMILES string of the molecule is c1ccc(-c2nc(-c3cccc4oc5ccc(-c6cccc7oc8ccccc8c67)cc5c34)c3c4ccccc4c4nc5ccccc5n4c3n2)cc1. The number of nitrogens with zero attached hydrogens (tertiary/aromatic N) is 4. The Morgan fingerprint density at radius 2 is 1.06 bits per heavy atom. The Morgan fingerprint density at radius 1 is 0.396 bits per heavy atom. The second kappa shape index (κ2) is 10.6. The number of aromatic nitrogens is 4. The van der Waals surface area contributed by atoms with Gasteiger partial charge in [0.05, 0.1) is 22.1 Å². The minimum Gasteiger partial charge on any atom is -0.456 e. The van der Waals surface area contributed by atoms with Crippen molar-refractivity contribution in [1.29, 1.82) is 0 Å². The van der Waals surface area contributed by atoms with Gasteiger partial charge in [-0.15, -0.1) is 0 Å². The molecule has 0 radical (unpaired) electrons. The van der Waals surface area contributed by atoms with E-state index in [4.69, 9.17) is 23.8 Å². The van der Waals surface area contributed by atoms with Gasteiger partial charge in [-0.2, -0.15) is 0 Å². The highest BCUT2D eigenvalue weighted by Gasteiger charge is 2.23. The molecule has 0 spiro atoms. The highest BCUT2D eigenvalue weighted by molar-refractivity contribution is 6.22. The van der Waals surface area contributed by atoms with Crippen LogP contribution in [0, 0.1) is 0 Å². The smallest absolute Gasteiger partial charge is 0.162 e. The number of rotatable bonds is 3. The zero-order valence-electron chi connectivity index (χ0n) is 28.1. The normalized spacial score (nSPS) is 12.2. The molecule has 0 saturated carbocycles. The zero-order valence-corrected chi connectivity index (χ0v) is 28.1. The predicted octanol–water partition coefficient (Wildman–Crippen LogP) is 12.4. The molecular weight excluding hydrogens is 653 g/mol. The fraction of sp³-hybridized carbons (Fsp3) is 0. The first-order valence-corrected chi connectivity index (χ1v) is 17.7. The summed E-state index contributed by atoms with van der Waals surface area (Å²) in [7, 11) is 0. The lowest BCUT2D eigenvalue weighted by Crippen LogP contribution is -2.01. The van der Waals surface area contributed by atoms with E-state index in [2.05, 4.69) is 114 Å². The Kier molecular flexibility index (Phi) is 5.68. The molecule has 12 rings (SSSR count). The van der Waals surface area contributed by atoms with E-state index >= 15 is 0 Å². The van der Waals surface area contributed by atoms with Gasteiger partial charge in [-0.05, 0) is 59.0 Å². The third kappa shape index (κ3) is 4.00. The van der Waals surface area contributed by atoms with Gasteiger partial charge in [0.1, 0.15) is 28.0 Å². The van der Waals surface area contributed by atoms with Crippen LogP contribution in [-0.4, -0.2) is 19.4 Å². The number of benzene rings is 7. The summed E-state index contributed by atoms with van der Waals surface area (Å²) in [6.07, 6.45) is 0. The fourth-order valence-corrected chi connectivity index (χ4v) is 8.29. The van der Waals surface area contributed by atoms with Gasteiger partial charge in [0.2, 0.25) is 0 Å². The van der Waals surface area contributed by atoms with Gasteiger partial charge in [0, 0.05) is 38.1 Å². The summed E-state index contributed by atoms with van der Waals surface area (Å²) in [5.41, 5.74) is 11.9. The van der Waals surface area contributed by atoms with E-state index in [-0.39, 0.29) is 0 Å². The predicted molar refractivity (Wildman–Crippen MR) is 214 cm³/mol. The average Bonchev–Trinajstić information content (AvgIpc) is 3.92. The summed E-state index contributed by atoms with van der Waals surface area (Å²) >= 11 is 0. The van der Waals surface area contributed by atoms with Crippen LogP contribution < -0.4 is 0 Å². The van der Waals surface area contributed by atoms with Crippen LogP contribution in [0.4, 0.5) is 0 Å². The van der Waals surface area contributed by atoms with Crippen molar-refractivity contribution in [2.75, 3.05) is 0 Å². The minimum absolute atomic E-state index is 0.645. The second-order valence-corrected chi connectivity index (χ2v) is 13.5. The van der Waals surface area contributed by atoms with Crippen molar-refractivity contribution in [1.82, 2.24) is 19.4 Å². The Bertz CT molecular complexity index is 3460. The molecule has 0 fully saturated rings. The highest BCUT2D eigenvalue weighted by Crippen LogP contribution is 2.44. The van der Waals surface area contributed by atoms with Crippen LogP contribution in [-0.2, 0) is 0 Å². The lowest BCUT2D eigenvalue weighted by Gasteiger charge is -2.15. The van der Waals surface area contributed by atoms with Crippen molar-refractivity contribution < 1.29 is 8.83 Å². The Morgan fingerprint density at radius 3 is 1.91 bits per heavy atom. The van der Waals surface area contributed by atoms with E-state index in [0.29, 0.717) is 5.82 Å². The first-order valence-electron chi connectivity index (χ1n) is 17.7. The molecule has 0 bridgehead atoms. The molecule has 0 aliphatic rings. The Balaban J connectivity index is 1.22. The minimum atomic E-state index is 0.645. The molecule has 5 heterocycles. The molecule has 0 atom stereocenters. The first kappa shape index (κ1) is 28.4. The maximum Gasteiger partial charge on any atom is 0.162 e. The molecule has 0 amide bonds. The van der Waals surface area contributed by atoms with Crippen LogP contribution in [0.5, 0.6) is 0 Å². The quantitative estimate of drug-likeness (QED) is 0.174. The molecule has 0 N–H and O–H groups in total. The standard InChI is InChI=1S/C47H26N4O2/c1-2-12-27(13-3-1)45-49-44(43-30-14-4-5-15-31(30)46-48-35-19-7-8-20-36(35)51(46)47(43)50-45)33-18-11-23-40-42(33)34-26-28(24-25-38(34)53-40)29-17-10-22-39-41(29)32-16-6-9-21-37(32)52-39/h1-26H. The number of pyridine rings is 1. The fourth-order valence-electron chi connectivity index (χ4n) is 8.29. The van der Waals surface area contributed by atoms with Gasteiger partial charge < -0.3 is 8.83 Å². The molecule has 246 valence electrons. The zero-order chi connectivity index (χ0) is 34.6. The summed E-state index contributed by atoms with van der Waals surface area (Å²) in [4.78, 5) is 15.9. The molecule has 53 heavy (non-hydrogen) atoms. The third-order valence-corrected chi connectivity index (χ3v) is 10.6. The molecule has 0 saturated heterocycles. The van der Waals surface area contributed by atoms with Crippen molar-refractivity contribution >= 4 is 82.4 Å². The van der Waals surface area contributed by atoms with Crippen LogP contribution in [0.25, 0.3) is 116 Å². The van der Waals surface area contributed by atoms with Crippen LogP contribution in [0.3, 0.4) is 0 Å². The van der Waals surface area contributed by atoms with Gasteiger partial charge >= 0.3 is 0 Å². The van der Waals surface area contributed by atoms with Gasteiger partial charge in [-0.1, -0.05) is 115 Å². The van der Waals surface area contributed by atoms with Crippen LogP contribution in [0.1, 0.15) is 0 Å². The number of para-hydroxylation sites is 3. The van der Waals surface area contributed by atoms with Gasteiger partial charge in [0.15, 0.2) is 11.5 Å². The first-order chi connectivity index (χ1) is 26.3. The number of fused-ring (bicyclic) bond motifs is 14. The van der Waals surface area contributed by atoms with Gasteiger partial charge in [-0.25, -0.2) is 15.0 Å². The number of hydrogen-bond acceptors (Lipinski definition) is 5. The third-order valence-electron chi connectivity index (χ3n) is 10.6. The van der Waals surface area contributed by atoms with Crippen LogP contribution >= 0.6 is 0 Å². The molecular formula is C47H26N4O2. The Labute approximate surface area is 301 Å². The second-order valence-electron chi connectivity index (χ2n) is 13.5. The van der Waals surface area contributed by atoms with Crippen LogP contribution in [0.2, 0.25) is 0 Å².